The van der Waals surface area contributed by atoms with Gasteiger partial charge in [0.25, 0.3) is 0 Å². The first-order valence-electron chi connectivity index (χ1n) is 12.5. The molecule has 3 aromatic carbocycles. The minimum Gasteiger partial charge on any atom is -0.504 e. The molecule has 238 valence electrons. The van der Waals surface area contributed by atoms with Crippen LogP contribution in [0.3, 0.4) is 0 Å². The monoisotopic (exact) mass is 634 g/mol. The molecule has 12 N–H and O–H groups in total. The lowest BCUT2D eigenvalue weighted by atomic mass is 9.82. The Morgan fingerprint density at radius 3 is 1.91 bits per heavy atom. The zero-order valence-electron chi connectivity index (χ0n) is 22.1. The van der Waals surface area contributed by atoms with Crippen molar-refractivity contribution in [2.24, 2.45) is 0 Å². The fourth-order valence-electron chi connectivity index (χ4n) is 4.99. The van der Waals surface area contributed by atoms with E-state index in [1.54, 1.807) is 0 Å². The molecular weight excluding hydrogens is 612 g/mol. The Hall–Kier alpha value is -5.85. The second-order valence-corrected chi connectivity index (χ2v) is 9.93. The first-order valence-corrected chi connectivity index (χ1v) is 12.5. The molecular formula is C27H22O18. The van der Waals surface area contributed by atoms with E-state index in [1.807, 2.05) is 0 Å². The summed E-state index contributed by atoms with van der Waals surface area (Å²) >= 11 is 0. The van der Waals surface area contributed by atoms with Crippen molar-refractivity contribution in [2.45, 2.75) is 30.5 Å². The molecule has 3 heterocycles. The number of ether oxygens (including phenoxy) is 3. The predicted octanol–water partition coefficient (Wildman–Crippen LogP) is -0.606. The summed E-state index contributed by atoms with van der Waals surface area (Å²) < 4.78 is 15.2. The highest BCUT2D eigenvalue weighted by Gasteiger charge is 2.51. The fourth-order valence-corrected chi connectivity index (χ4v) is 4.99. The number of rotatable bonds is 5. The molecule has 5 unspecified atom stereocenters. The van der Waals surface area contributed by atoms with Crippen LogP contribution in [-0.4, -0.2) is 110 Å². The third-order valence-electron chi connectivity index (χ3n) is 7.23. The number of hydrogen-bond acceptors (Lipinski definition) is 18. The lowest BCUT2D eigenvalue weighted by Crippen LogP contribution is -2.53. The Labute approximate surface area is 248 Å². The van der Waals surface area contributed by atoms with E-state index in [0.717, 1.165) is 0 Å². The normalized spacial score (nSPS) is 20.0. The molecule has 0 radical (unpaired) electrons. The zero-order chi connectivity index (χ0) is 33.2. The SMILES string of the molecule is O=C(OCC(O)C(O)C1OC(=O)c2cc(O)c(O)c(O)c2-c2c(O)c(O)c(O)c3c2C(=O)OC1C3O)c1cc(O)c(O)c(O)c1. The smallest absolute Gasteiger partial charge is 0.339 e. The van der Waals surface area contributed by atoms with Crippen LogP contribution in [0.4, 0.5) is 0 Å². The van der Waals surface area contributed by atoms with Gasteiger partial charge in [0.1, 0.15) is 24.9 Å². The number of carbonyl (C=O) groups excluding carboxylic acids is 3. The maximum absolute atomic E-state index is 13.4. The van der Waals surface area contributed by atoms with Gasteiger partial charge in [-0.2, -0.15) is 0 Å². The van der Waals surface area contributed by atoms with Gasteiger partial charge in [-0.25, -0.2) is 14.4 Å². The van der Waals surface area contributed by atoms with Crippen molar-refractivity contribution in [3.8, 4) is 62.9 Å². The van der Waals surface area contributed by atoms with Gasteiger partial charge in [-0.3, -0.25) is 0 Å². The number of phenols is 9. The van der Waals surface area contributed by atoms with Gasteiger partial charge in [-0.1, -0.05) is 0 Å². The van der Waals surface area contributed by atoms with Gasteiger partial charge in [0, 0.05) is 16.7 Å². The van der Waals surface area contributed by atoms with Gasteiger partial charge >= 0.3 is 17.9 Å². The van der Waals surface area contributed by atoms with Crippen molar-refractivity contribution in [1.82, 2.24) is 0 Å². The standard InChI is InChI=1S/C27H22O18/c28-7-1-5(2-8(29)15(7)32)25(40)43-4-10(31)17(34)23-24-21(38)14-13(27(42)45-24)12(19(36)22(39)20(14)37)11-6(26(41)44-23)3-9(30)16(33)18(11)35/h1-3,10,17,21,23-24,28-39H,4H2. The summed E-state index contributed by atoms with van der Waals surface area (Å²) in [5, 5.41) is 124. The zero-order valence-corrected chi connectivity index (χ0v) is 22.1. The van der Waals surface area contributed by atoms with E-state index in [1.165, 1.54) is 0 Å². The number of benzene rings is 3. The molecule has 3 aromatic rings. The first kappa shape index (κ1) is 30.6. The average Bonchev–Trinajstić information content (AvgIpc) is 2.99. The Morgan fingerprint density at radius 2 is 1.29 bits per heavy atom. The molecule has 0 aliphatic carbocycles. The molecule has 45 heavy (non-hydrogen) atoms. The second-order valence-electron chi connectivity index (χ2n) is 9.93. The summed E-state index contributed by atoms with van der Waals surface area (Å²) in [7, 11) is 0. The Morgan fingerprint density at radius 1 is 0.711 bits per heavy atom. The van der Waals surface area contributed by atoms with E-state index in [-0.39, 0.29) is 0 Å². The molecule has 5 atom stereocenters. The summed E-state index contributed by atoms with van der Waals surface area (Å²) in [4.78, 5) is 39.0. The molecule has 18 nitrogen and oxygen atoms in total. The van der Waals surface area contributed by atoms with Gasteiger partial charge in [0.15, 0.2) is 52.5 Å². The number of aliphatic hydroxyl groups is 3. The van der Waals surface area contributed by atoms with Crippen LogP contribution in [0.5, 0.6) is 51.7 Å². The maximum Gasteiger partial charge on any atom is 0.339 e. The number of hydrogen-bond donors (Lipinski definition) is 12. The Kier molecular flexibility index (Phi) is 7.28. The lowest BCUT2D eigenvalue weighted by molar-refractivity contribution is -0.151. The summed E-state index contributed by atoms with van der Waals surface area (Å²) in [6.07, 6.45) is -11.4. The lowest BCUT2D eigenvalue weighted by Gasteiger charge is -2.39. The van der Waals surface area contributed by atoms with Gasteiger partial charge in [-0.15, -0.1) is 0 Å². The summed E-state index contributed by atoms with van der Waals surface area (Å²) in [6.45, 7) is -1.11. The fraction of sp³-hybridized carbons (Fsp3) is 0.222. The van der Waals surface area contributed by atoms with Crippen LogP contribution in [-0.2, 0) is 14.2 Å². The molecule has 4 bridgehead atoms. The van der Waals surface area contributed by atoms with E-state index < -0.39 is 140 Å². The van der Waals surface area contributed by atoms with Gasteiger partial charge in [-0.05, 0) is 18.2 Å². The van der Waals surface area contributed by atoms with Crippen LogP contribution >= 0.6 is 0 Å². The molecule has 6 rings (SSSR count). The summed E-state index contributed by atoms with van der Waals surface area (Å²) in [5.74, 6) is -14.8. The van der Waals surface area contributed by atoms with Crippen molar-refractivity contribution in [2.75, 3.05) is 6.61 Å². The third kappa shape index (κ3) is 4.69. The topological polar surface area (TPSA) is 322 Å². The maximum atomic E-state index is 13.4. The van der Waals surface area contributed by atoms with Gasteiger partial charge in [0.05, 0.1) is 16.7 Å². The molecule has 0 spiro atoms. The van der Waals surface area contributed by atoms with E-state index in [9.17, 15) is 75.7 Å². The molecule has 18 heteroatoms. The molecule has 0 saturated heterocycles. The van der Waals surface area contributed by atoms with Crippen LogP contribution in [0.15, 0.2) is 18.2 Å². The highest BCUT2D eigenvalue weighted by molar-refractivity contribution is 6.10. The van der Waals surface area contributed by atoms with Crippen molar-refractivity contribution < 1.29 is 89.9 Å². The molecule has 0 saturated carbocycles. The Bertz CT molecular complexity index is 1760. The quantitative estimate of drug-likeness (QED) is 0.0946. The van der Waals surface area contributed by atoms with Crippen molar-refractivity contribution in [3.05, 3.63) is 40.5 Å². The minimum atomic E-state index is -2.41. The first-order chi connectivity index (χ1) is 21.1. The van der Waals surface area contributed by atoms with Crippen molar-refractivity contribution >= 4 is 17.9 Å². The number of carbonyl (C=O) groups is 3. The van der Waals surface area contributed by atoms with E-state index in [4.69, 9.17) is 14.2 Å². The van der Waals surface area contributed by atoms with E-state index >= 15 is 0 Å². The van der Waals surface area contributed by atoms with Crippen LogP contribution in [0.25, 0.3) is 11.1 Å². The number of aliphatic hydroxyl groups excluding tert-OH is 3. The highest BCUT2D eigenvalue weighted by atomic mass is 16.6. The molecule has 3 aliphatic rings. The summed E-state index contributed by atoms with van der Waals surface area (Å²) in [5.41, 5.74) is -5.07. The average molecular weight is 634 g/mol. The van der Waals surface area contributed by atoms with Crippen molar-refractivity contribution in [3.63, 3.8) is 0 Å². The minimum absolute atomic E-state index is 0.517. The van der Waals surface area contributed by atoms with E-state index in [0.29, 0.717) is 18.2 Å². The third-order valence-corrected chi connectivity index (χ3v) is 7.23. The van der Waals surface area contributed by atoms with E-state index in [2.05, 4.69) is 0 Å². The molecule has 0 fully saturated rings. The van der Waals surface area contributed by atoms with Gasteiger partial charge in [0.2, 0.25) is 11.5 Å². The number of aromatic hydroxyl groups is 9. The Balaban J connectivity index is 1.59. The number of esters is 3. The number of fused-ring (bicyclic) bond motifs is 3. The predicted molar refractivity (Wildman–Crippen MR) is 139 cm³/mol. The van der Waals surface area contributed by atoms with Crippen LogP contribution in [0.2, 0.25) is 0 Å². The molecule has 0 aromatic heterocycles. The molecule has 0 amide bonds. The molecule has 3 aliphatic heterocycles. The summed E-state index contributed by atoms with van der Waals surface area (Å²) in [6, 6.07) is 1.92. The largest absolute Gasteiger partial charge is 0.504 e. The van der Waals surface area contributed by atoms with Gasteiger partial charge < -0.3 is 75.5 Å². The van der Waals surface area contributed by atoms with Crippen LogP contribution in [0, 0.1) is 0 Å². The number of phenolic OH excluding ortho intramolecular Hbond substituents is 9. The second kappa shape index (κ2) is 10.7. The van der Waals surface area contributed by atoms with Crippen LogP contribution in [0.1, 0.15) is 42.7 Å². The van der Waals surface area contributed by atoms with Crippen LogP contribution < -0.4 is 0 Å². The highest BCUT2D eigenvalue weighted by Crippen LogP contribution is 2.57. The van der Waals surface area contributed by atoms with Crippen molar-refractivity contribution in [1.29, 1.82) is 0 Å².